The molecule has 0 aliphatic heterocycles. The highest BCUT2D eigenvalue weighted by Crippen LogP contribution is 2.29. The molecule has 0 saturated carbocycles. The van der Waals surface area contributed by atoms with Crippen molar-refractivity contribution in [2.45, 2.75) is 26.1 Å². The molecule has 0 aromatic carbocycles. The standard InChI is InChI=1S/C12H13F3N4O/c1-6(2)9(16)10-18-11(20-19-10)8-4-3-7(5-17-8)12(13,14)15/h3-6,9H,16H2,1-2H3. The fourth-order valence-electron chi connectivity index (χ4n) is 1.46. The molecule has 2 rings (SSSR count). The van der Waals surface area contributed by atoms with Gasteiger partial charge in [-0.25, -0.2) is 0 Å². The lowest BCUT2D eigenvalue weighted by molar-refractivity contribution is -0.137. The number of nitrogens with zero attached hydrogens (tertiary/aromatic N) is 3. The Labute approximate surface area is 113 Å². The van der Waals surface area contributed by atoms with E-state index in [1.54, 1.807) is 0 Å². The lowest BCUT2D eigenvalue weighted by Gasteiger charge is -2.09. The summed E-state index contributed by atoms with van der Waals surface area (Å²) < 4.78 is 42.2. The van der Waals surface area contributed by atoms with Crippen molar-refractivity contribution in [1.82, 2.24) is 15.1 Å². The van der Waals surface area contributed by atoms with Gasteiger partial charge in [-0.1, -0.05) is 19.0 Å². The summed E-state index contributed by atoms with van der Waals surface area (Å²) in [6.07, 6.45) is -3.70. The minimum atomic E-state index is -4.43. The number of hydrogen-bond acceptors (Lipinski definition) is 5. The van der Waals surface area contributed by atoms with Gasteiger partial charge >= 0.3 is 6.18 Å². The monoisotopic (exact) mass is 286 g/mol. The van der Waals surface area contributed by atoms with Crippen molar-refractivity contribution in [1.29, 1.82) is 0 Å². The first kappa shape index (κ1) is 14.4. The summed E-state index contributed by atoms with van der Waals surface area (Å²) in [6, 6.07) is 1.69. The molecule has 20 heavy (non-hydrogen) atoms. The molecule has 2 aromatic heterocycles. The highest BCUT2D eigenvalue weighted by Gasteiger charge is 2.31. The zero-order valence-electron chi connectivity index (χ0n) is 10.8. The fourth-order valence-corrected chi connectivity index (χ4v) is 1.46. The van der Waals surface area contributed by atoms with E-state index in [2.05, 4.69) is 15.1 Å². The normalized spacial score (nSPS) is 13.8. The molecule has 0 aliphatic rings. The number of halogens is 3. The molecule has 8 heteroatoms. The molecule has 0 bridgehead atoms. The van der Waals surface area contributed by atoms with Crippen LogP contribution in [0.2, 0.25) is 0 Å². The summed E-state index contributed by atoms with van der Waals surface area (Å²) in [4.78, 5) is 7.72. The SMILES string of the molecule is CC(C)C(N)c1noc(-c2ccc(C(F)(F)F)cn2)n1. The third kappa shape index (κ3) is 2.96. The van der Waals surface area contributed by atoms with Crippen LogP contribution in [-0.2, 0) is 6.18 Å². The second-order valence-electron chi connectivity index (χ2n) is 4.66. The van der Waals surface area contributed by atoms with Gasteiger partial charge in [-0.2, -0.15) is 18.2 Å². The van der Waals surface area contributed by atoms with E-state index in [9.17, 15) is 13.2 Å². The van der Waals surface area contributed by atoms with Gasteiger partial charge in [-0.15, -0.1) is 0 Å². The van der Waals surface area contributed by atoms with Crippen molar-refractivity contribution in [3.05, 3.63) is 29.7 Å². The Bertz CT molecular complexity index is 577. The molecule has 0 saturated heterocycles. The summed E-state index contributed by atoms with van der Waals surface area (Å²) in [5, 5.41) is 3.71. The van der Waals surface area contributed by atoms with E-state index in [1.807, 2.05) is 13.8 Å². The molecule has 5 nitrogen and oxygen atoms in total. The molecule has 0 fully saturated rings. The van der Waals surface area contributed by atoms with E-state index in [0.717, 1.165) is 12.3 Å². The van der Waals surface area contributed by atoms with Crippen molar-refractivity contribution in [3.8, 4) is 11.6 Å². The summed E-state index contributed by atoms with van der Waals surface area (Å²) in [5.74, 6) is 0.461. The van der Waals surface area contributed by atoms with Crippen LogP contribution in [0.1, 0.15) is 31.3 Å². The van der Waals surface area contributed by atoms with Crippen molar-refractivity contribution in [2.24, 2.45) is 11.7 Å². The zero-order chi connectivity index (χ0) is 14.9. The molecule has 108 valence electrons. The van der Waals surface area contributed by atoms with Gasteiger partial charge in [0.25, 0.3) is 5.89 Å². The topological polar surface area (TPSA) is 77.8 Å². The van der Waals surface area contributed by atoms with E-state index in [0.29, 0.717) is 5.82 Å². The van der Waals surface area contributed by atoms with Crippen molar-refractivity contribution in [3.63, 3.8) is 0 Å². The first-order valence-electron chi connectivity index (χ1n) is 5.92. The molecule has 2 N–H and O–H groups in total. The summed E-state index contributed by atoms with van der Waals surface area (Å²) >= 11 is 0. The van der Waals surface area contributed by atoms with Crippen LogP contribution in [0.5, 0.6) is 0 Å². The van der Waals surface area contributed by atoms with Crippen molar-refractivity contribution in [2.75, 3.05) is 0 Å². The summed E-state index contributed by atoms with van der Waals surface area (Å²) in [5.41, 5.74) is 5.20. The van der Waals surface area contributed by atoms with Crippen LogP contribution in [0.4, 0.5) is 13.2 Å². The second kappa shape index (κ2) is 5.20. The molecule has 0 spiro atoms. The Balaban J connectivity index is 2.25. The molecule has 1 unspecified atom stereocenters. The average Bonchev–Trinajstić information content (AvgIpc) is 2.86. The van der Waals surface area contributed by atoms with Crippen LogP contribution in [0.25, 0.3) is 11.6 Å². The molecule has 1 atom stereocenters. The number of nitrogens with two attached hydrogens (primary N) is 1. The maximum atomic E-state index is 12.4. The maximum Gasteiger partial charge on any atom is 0.417 e. The predicted octanol–water partition coefficient (Wildman–Crippen LogP) is 2.81. The fraction of sp³-hybridized carbons (Fsp3) is 0.417. The minimum absolute atomic E-state index is 0.0461. The third-order valence-electron chi connectivity index (χ3n) is 2.77. The Morgan fingerprint density at radius 2 is 1.95 bits per heavy atom. The van der Waals surface area contributed by atoms with E-state index in [4.69, 9.17) is 10.3 Å². The lowest BCUT2D eigenvalue weighted by Crippen LogP contribution is -2.18. The minimum Gasteiger partial charge on any atom is -0.332 e. The largest absolute Gasteiger partial charge is 0.417 e. The molecule has 0 aliphatic carbocycles. The van der Waals surface area contributed by atoms with Gasteiger partial charge in [0.15, 0.2) is 5.82 Å². The summed E-state index contributed by atoms with van der Waals surface area (Å²) in [7, 11) is 0. The number of aromatic nitrogens is 3. The molecular formula is C12H13F3N4O. The molecule has 2 aromatic rings. The first-order chi connectivity index (χ1) is 9.29. The average molecular weight is 286 g/mol. The molecule has 2 heterocycles. The highest BCUT2D eigenvalue weighted by molar-refractivity contribution is 5.46. The van der Waals surface area contributed by atoms with Crippen LogP contribution < -0.4 is 5.73 Å². The summed E-state index contributed by atoms with van der Waals surface area (Å²) in [6.45, 7) is 3.80. The third-order valence-corrected chi connectivity index (χ3v) is 2.77. The number of pyridine rings is 1. The lowest BCUT2D eigenvalue weighted by atomic mass is 10.1. The Morgan fingerprint density at radius 3 is 2.45 bits per heavy atom. The Morgan fingerprint density at radius 1 is 1.25 bits per heavy atom. The van der Waals surface area contributed by atoms with Crippen molar-refractivity contribution < 1.29 is 17.7 Å². The molecule has 0 amide bonds. The zero-order valence-corrected chi connectivity index (χ0v) is 10.8. The predicted molar refractivity (Wildman–Crippen MR) is 64.3 cm³/mol. The highest BCUT2D eigenvalue weighted by atomic mass is 19.4. The van der Waals surface area contributed by atoms with Gasteiger partial charge in [0.2, 0.25) is 0 Å². The van der Waals surface area contributed by atoms with Crippen LogP contribution in [0, 0.1) is 5.92 Å². The van der Waals surface area contributed by atoms with Crippen molar-refractivity contribution >= 4 is 0 Å². The first-order valence-corrected chi connectivity index (χ1v) is 5.92. The van der Waals surface area contributed by atoms with Gasteiger partial charge in [0.05, 0.1) is 11.6 Å². The van der Waals surface area contributed by atoms with E-state index >= 15 is 0 Å². The smallest absolute Gasteiger partial charge is 0.332 e. The van der Waals surface area contributed by atoms with E-state index in [-0.39, 0.29) is 17.5 Å². The van der Waals surface area contributed by atoms with Gasteiger partial charge in [-0.3, -0.25) is 4.98 Å². The second-order valence-corrected chi connectivity index (χ2v) is 4.66. The van der Waals surface area contributed by atoms with Gasteiger partial charge in [0.1, 0.15) is 5.69 Å². The Kier molecular flexibility index (Phi) is 3.76. The van der Waals surface area contributed by atoms with Crippen LogP contribution in [-0.4, -0.2) is 15.1 Å². The number of alkyl halides is 3. The quantitative estimate of drug-likeness (QED) is 0.938. The van der Waals surface area contributed by atoms with Gasteiger partial charge < -0.3 is 10.3 Å². The van der Waals surface area contributed by atoms with E-state index < -0.39 is 17.8 Å². The maximum absolute atomic E-state index is 12.4. The molecule has 0 radical (unpaired) electrons. The van der Waals surface area contributed by atoms with Crippen LogP contribution in [0.15, 0.2) is 22.9 Å². The van der Waals surface area contributed by atoms with Crippen LogP contribution >= 0.6 is 0 Å². The number of hydrogen-bond donors (Lipinski definition) is 1. The number of rotatable bonds is 3. The van der Waals surface area contributed by atoms with Gasteiger partial charge in [0, 0.05) is 6.20 Å². The molecular weight excluding hydrogens is 273 g/mol. The van der Waals surface area contributed by atoms with Crippen LogP contribution in [0.3, 0.4) is 0 Å². The van der Waals surface area contributed by atoms with E-state index in [1.165, 1.54) is 6.07 Å². The van der Waals surface area contributed by atoms with Gasteiger partial charge in [-0.05, 0) is 18.1 Å². The Hall–Kier alpha value is -1.96.